The van der Waals surface area contributed by atoms with Crippen LogP contribution in [0.4, 0.5) is 0 Å². The van der Waals surface area contributed by atoms with Gasteiger partial charge in [0.25, 0.3) is 0 Å². The molecule has 1 rings (SSSR count). The number of carbonyl (C=O) groups is 2. The van der Waals surface area contributed by atoms with Gasteiger partial charge in [-0.05, 0) is 6.92 Å². The molecule has 0 saturated carbocycles. The van der Waals surface area contributed by atoms with Gasteiger partial charge < -0.3 is 5.11 Å². The van der Waals surface area contributed by atoms with Gasteiger partial charge in [0.1, 0.15) is 0 Å². The van der Waals surface area contributed by atoms with Gasteiger partial charge >= 0.3 is 0 Å². The van der Waals surface area contributed by atoms with Crippen LogP contribution in [0.15, 0.2) is 24.3 Å². The van der Waals surface area contributed by atoms with Crippen LogP contribution in [0.3, 0.4) is 0 Å². The third-order valence-corrected chi connectivity index (χ3v) is 2.36. The summed E-state index contributed by atoms with van der Waals surface area (Å²) in [6.07, 6.45) is 6.61. The molecule has 0 aromatic rings. The standard InChI is InChI=1S/C11H14O3/c1-3-9(12)10(13)8-6-4-5-7-11(8,2)14/h4-8,14H,3H2,1-2H3. The molecule has 0 aliphatic heterocycles. The van der Waals surface area contributed by atoms with Crippen molar-refractivity contribution >= 4 is 11.6 Å². The second-order valence-electron chi connectivity index (χ2n) is 3.59. The Kier molecular flexibility index (Phi) is 3.01. The van der Waals surface area contributed by atoms with Crippen LogP contribution in [0, 0.1) is 5.92 Å². The molecule has 0 heterocycles. The number of allylic oxidation sites excluding steroid dienone is 2. The van der Waals surface area contributed by atoms with E-state index in [0.717, 1.165) is 0 Å². The van der Waals surface area contributed by atoms with Crippen molar-refractivity contribution in [2.45, 2.75) is 25.9 Å². The average molecular weight is 194 g/mol. The summed E-state index contributed by atoms with van der Waals surface area (Å²) in [5.74, 6) is -1.69. The summed E-state index contributed by atoms with van der Waals surface area (Å²) >= 11 is 0. The van der Waals surface area contributed by atoms with E-state index >= 15 is 0 Å². The van der Waals surface area contributed by atoms with Crippen LogP contribution < -0.4 is 0 Å². The second kappa shape index (κ2) is 3.88. The van der Waals surface area contributed by atoms with E-state index in [-0.39, 0.29) is 6.42 Å². The first kappa shape index (κ1) is 10.9. The third-order valence-electron chi connectivity index (χ3n) is 2.36. The molecular weight excluding hydrogens is 180 g/mol. The molecule has 1 aliphatic rings. The molecular formula is C11H14O3. The number of carbonyl (C=O) groups excluding carboxylic acids is 2. The van der Waals surface area contributed by atoms with E-state index < -0.39 is 23.1 Å². The van der Waals surface area contributed by atoms with E-state index in [1.165, 1.54) is 13.0 Å². The van der Waals surface area contributed by atoms with E-state index in [4.69, 9.17) is 0 Å². The Morgan fingerprint density at radius 1 is 1.43 bits per heavy atom. The Bertz CT molecular complexity index is 310. The van der Waals surface area contributed by atoms with Gasteiger partial charge in [0.05, 0.1) is 11.5 Å². The normalized spacial score (nSPS) is 30.4. The summed E-state index contributed by atoms with van der Waals surface area (Å²) in [4.78, 5) is 22.7. The van der Waals surface area contributed by atoms with Crippen molar-refractivity contribution in [1.29, 1.82) is 0 Å². The van der Waals surface area contributed by atoms with Gasteiger partial charge in [0.15, 0.2) is 5.78 Å². The summed E-state index contributed by atoms with van der Waals surface area (Å²) in [5.41, 5.74) is -1.24. The fourth-order valence-corrected chi connectivity index (χ4v) is 1.42. The first-order chi connectivity index (χ1) is 6.49. The largest absolute Gasteiger partial charge is 0.385 e. The summed E-state index contributed by atoms with van der Waals surface area (Å²) in [6, 6.07) is 0. The number of rotatable bonds is 3. The maximum atomic E-state index is 11.6. The van der Waals surface area contributed by atoms with Crippen LogP contribution in [-0.2, 0) is 9.59 Å². The predicted molar refractivity (Wildman–Crippen MR) is 52.7 cm³/mol. The highest BCUT2D eigenvalue weighted by Gasteiger charge is 2.36. The highest BCUT2D eigenvalue weighted by atomic mass is 16.3. The Balaban J connectivity index is 2.88. The topological polar surface area (TPSA) is 54.4 Å². The van der Waals surface area contributed by atoms with E-state index in [2.05, 4.69) is 0 Å². The first-order valence-electron chi connectivity index (χ1n) is 4.64. The molecule has 1 N–H and O–H groups in total. The molecule has 0 aromatic heterocycles. The van der Waals surface area contributed by atoms with Crippen molar-refractivity contribution in [2.24, 2.45) is 5.92 Å². The SMILES string of the molecule is CCC(=O)C(=O)C1C=CC=CC1(C)O. The van der Waals surface area contributed by atoms with Crippen LogP contribution in [0.25, 0.3) is 0 Å². The van der Waals surface area contributed by atoms with Gasteiger partial charge in [-0.3, -0.25) is 9.59 Å². The van der Waals surface area contributed by atoms with Gasteiger partial charge in [0.2, 0.25) is 5.78 Å². The molecule has 2 unspecified atom stereocenters. The van der Waals surface area contributed by atoms with E-state index in [9.17, 15) is 14.7 Å². The van der Waals surface area contributed by atoms with Crippen molar-refractivity contribution in [2.75, 3.05) is 0 Å². The molecule has 0 radical (unpaired) electrons. The molecule has 0 fully saturated rings. The van der Waals surface area contributed by atoms with E-state index in [1.807, 2.05) is 0 Å². The maximum Gasteiger partial charge on any atom is 0.208 e. The van der Waals surface area contributed by atoms with Crippen molar-refractivity contribution in [1.82, 2.24) is 0 Å². The van der Waals surface area contributed by atoms with Crippen molar-refractivity contribution < 1.29 is 14.7 Å². The highest BCUT2D eigenvalue weighted by Crippen LogP contribution is 2.25. The Labute approximate surface area is 83.1 Å². The molecule has 1 aliphatic carbocycles. The molecule has 0 saturated heterocycles. The predicted octanol–water partition coefficient (Wildman–Crippen LogP) is 1.03. The quantitative estimate of drug-likeness (QED) is 0.683. The number of hydrogen-bond acceptors (Lipinski definition) is 3. The van der Waals surface area contributed by atoms with Crippen LogP contribution >= 0.6 is 0 Å². The molecule has 76 valence electrons. The summed E-state index contributed by atoms with van der Waals surface area (Å²) in [5, 5.41) is 9.84. The van der Waals surface area contributed by atoms with E-state index in [1.54, 1.807) is 25.2 Å². The minimum Gasteiger partial charge on any atom is -0.385 e. The van der Waals surface area contributed by atoms with Crippen molar-refractivity contribution in [3.05, 3.63) is 24.3 Å². The fourth-order valence-electron chi connectivity index (χ4n) is 1.42. The molecule has 0 bridgehead atoms. The smallest absolute Gasteiger partial charge is 0.208 e. The summed E-state index contributed by atoms with van der Waals surface area (Å²) in [6.45, 7) is 3.16. The van der Waals surface area contributed by atoms with Gasteiger partial charge in [0, 0.05) is 6.42 Å². The number of Topliss-reactive ketones (excluding diaryl/α,β-unsaturated/α-hetero) is 2. The zero-order valence-corrected chi connectivity index (χ0v) is 8.36. The lowest BCUT2D eigenvalue weighted by molar-refractivity contribution is -0.141. The average Bonchev–Trinajstić information content (AvgIpc) is 2.15. The second-order valence-corrected chi connectivity index (χ2v) is 3.59. The molecule has 3 nitrogen and oxygen atoms in total. The van der Waals surface area contributed by atoms with Gasteiger partial charge in [-0.25, -0.2) is 0 Å². The number of ketones is 2. The van der Waals surface area contributed by atoms with E-state index in [0.29, 0.717) is 0 Å². The molecule has 2 atom stereocenters. The summed E-state index contributed by atoms with van der Waals surface area (Å²) < 4.78 is 0. The van der Waals surface area contributed by atoms with Gasteiger partial charge in [-0.15, -0.1) is 0 Å². The molecule has 0 aromatic carbocycles. The minimum atomic E-state index is -1.24. The monoisotopic (exact) mass is 194 g/mol. The van der Waals surface area contributed by atoms with Crippen LogP contribution in [0.5, 0.6) is 0 Å². The number of aliphatic hydroxyl groups is 1. The van der Waals surface area contributed by atoms with Crippen LogP contribution in [0.2, 0.25) is 0 Å². The molecule has 3 heteroatoms. The zero-order chi connectivity index (χ0) is 10.8. The zero-order valence-electron chi connectivity index (χ0n) is 8.36. The summed E-state index contributed by atoms with van der Waals surface area (Å²) in [7, 11) is 0. The maximum absolute atomic E-state index is 11.6. The Morgan fingerprint density at radius 3 is 2.57 bits per heavy atom. The third kappa shape index (κ3) is 1.99. The minimum absolute atomic E-state index is 0.183. The van der Waals surface area contributed by atoms with Gasteiger partial charge in [-0.2, -0.15) is 0 Å². The van der Waals surface area contributed by atoms with Crippen LogP contribution in [0.1, 0.15) is 20.3 Å². The Morgan fingerprint density at radius 2 is 2.07 bits per heavy atom. The van der Waals surface area contributed by atoms with Gasteiger partial charge in [-0.1, -0.05) is 31.2 Å². The number of hydrogen-bond donors (Lipinski definition) is 1. The lowest BCUT2D eigenvalue weighted by Crippen LogP contribution is -2.40. The molecule has 14 heavy (non-hydrogen) atoms. The highest BCUT2D eigenvalue weighted by molar-refractivity contribution is 6.38. The molecule has 0 amide bonds. The lowest BCUT2D eigenvalue weighted by Gasteiger charge is -2.27. The lowest BCUT2D eigenvalue weighted by atomic mass is 9.81. The van der Waals surface area contributed by atoms with Crippen LogP contribution in [-0.4, -0.2) is 22.3 Å². The molecule has 0 spiro atoms. The van der Waals surface area contributed by atoms with Crippen molar-refractivity contribution in [3.8, 4) is 0 Å². The van der Waals surface area contributed by atoms with Crippen molar-refractivity contribution in [3.63, 3.8) is 0 Å². The first-order valence-corrected chi connectivity index (χ1v) is 4.64. The fraction of sp³-hybridized carbons (Fsp3) is 0.455. The Hall–Kier alpha value is -1.22.